The highest BCUT2D eigenvalue weighted by Crippen LogP contribution is 2.34. The maximum absolute atomic E-state index is 11.1. The summed E-state index contributed by atoms with van der Waals surface area (Å²) < 4.78 is 0.604. The van der Waals surface area contributed by atoms with Gasteiger partial charge in [0.15, 0.2) is 0 Å². The largest absolute Gasteiger partial charge is 0.508 e. The Hall–Kier alpha value is -2.28. The molecule has 0 fully saturated rings. The zero-order valence-corrected chi connectivity index (χ0v) is 12.7. The number of phenolic OH excluding ortho intramolecular Hbond substituents is 2. The summed E-state index contributed by atoms with van der Waals surface area (Å²) >= 11 is 3.19. The number of rotatable bonds is 4. The Labute approximate surface area is 129 Å². The Kier molecular flexibility index (Phi) is 4.32. The van der Waals surface area contributed by atoms with E-state index in [0.29, 0.717) is 15.7 Å². The average Bonchev–Trinajstić information content (AvgIpc) is 2.43. The molecule has 6 nitrogen and oxygen atoms in total. The summed E-state index contributed by atoms with van der Waals surface area (Å²) in [7, 11) is 0. The van der Waals surface area contributed by atoms with E-state index in [1.807, 2.05) is 0 Å². The van der Waals surface area contributed by atoms with E-state index >= 15 is 0 Å². The summed E-state index contributed by atoms with van der Waals surface area (Å²) in [5.41, 5.74) is 0.710. The summed E-state index contributed by atoms with van der Waals surface area (Å²) in [5.74, 6) is 0.0225. The molecular weight excluding hydrogens is 340 g/mol. The number of hydrogen-bond donors (Lipinski definition) is 3. The van der Waals surface area contributed by atoms with Crippen LogP contribution >= 0.6 is 15.9 Å². The lowest BCUT2D eigenvalue weighted by Crippen LogP contribution is -2.08. The summed E-state index contributed by atoms with van der Waals surface area (Å²) in [5, 5.41) is 33.3. The van der Waals surface area contributed by atoms with E-state index in [9.17, 15) is 20.3 Å². The van der Waals surface area contributed by atoms with Crippen LogP contribution in [-0.4, -0.2) is 15.1 Å². The van der Waals surface area contributed by atoms with Crippen molar-refractivity contribution >= 4 is 27.3 Å². The second-order valence-corrected chi connectivity index (χ2v) is 5.44. The van der Waals surface area contributed by atoms with E-state index in [1.165, 1.54) is 24.3 Å². The van der Waals surface area contributed by atoms with Gasteiger partial charge in [-0.3, -0.25) is 10.1 Å². The maximum Gasteiger partial charge on any atom is 0.293 e. The van der Waals surface area contributed by atoms with Gasteiger partial charge in [-0.25, -0.2) is 0 Å². The fourth-order valence-corrected chi connectivity index (χ4v) is 2.33. The third-order valence-electron chi connectivity index (χ3n) is 3.01. The van der Waals surface area contributed by atoms with Crippen LogP contribution in [0.3, 0.4) is 0 Å². The minimum absolute atomic E-state index is 0.00700. The molecule has 0 aromatic heterocycles. The van der Waals surface area contributed by atoms with Crippen molar-refractivity contribution in [3.8, 4) is 11.5 Å². The average molecular weight is 353 g/mol. The molecule has 0 bridgehead atoms. The predicted molar refractivity (Wildman–Crippen MR) is 82.6 cm³/mol. The molecule has 0 radical (unpaired) electrons. The van der Waals surface area contributed by atoms with Gasteiger partial charge in [-0.1, -0.05) is 15.9 Å². The lowest BCUT2D eigenvalue weighted by atomic mass is 10.1. The Morgan fingerprint density at radius 3 is 2.62 bits per heavy atom. The first-order valence-corrected chi connectivity index (χ1v) is 6.90. The van der Waals surface area contributed by atoms with Gasteiger partial charge in [-0.05, 0) is 37.3 Å². The van der Waals surface area contributed by atoms with Crippen molar-refractivity contribution < 1.29 is 15.1 Å². The van der Waals surface area contributed by atoms with Crippen LogP contribution in [-0.2, 0) is 0 Å². The van der Waals surface area contributed by atoms with Crippen molar-refractivity contribution in [3.05, 3.63) is 56.5 Å². The van der Waals surface area contributed by atoms with Gasteiger partial charge in [0, 0.05) is 16.1 Å². The van der Waals surface area contributed by atoms with Gasteiger partial charge in [-0.15, -0.1) is 0 Å². The van der Waals surface area contributed by atoms with Crippen LogP contribution in [0.4, 0.5) is 11.4 Å². The number of anilines is 1. The Morgan fingerprint density at radius 2 is 1.95 bits per heavy atom. The number of nitro groups is 1. The van der Waals surface area contributed by atoms with E-state index in [1.54, 1.807) is 19.1 Å². The van der Waals surface area contributed by atoms with E-state index in [-0.39, 0.29) is 17.2 Å². The molecule has 7 heteroatoms. The van der Waals surface area contributed by atoms with Crippen molar-refractivity contribution in [2.75, 3.05) is 5.32 Å². The highest BCUT2D eigenvalue weighted by molar-refractivity contribution is 9.10. The molecule has 2 aromatic carbocycles. The minimum atomic E-state index is -0.484. The molecule has 1 unspecified atom stereocenters. The molecule has 21 heavy (non-hydrogen) atoms. The predicted octanol–water partition coefficient (Wildman–Crippen LogP) is 3.94. The summed E-state index contributed by atoms with van der Waals surface area (Å²) in [4.78, 5) is 10.6. The van der Waals surface area contributed by atoms with Gasteiger partial charge < -0.3 is 15.5 Å². The first kappa shape index (κ1) is 15.1. The number of nitrogens with one attached hydrogen (secondary N) is 1. The van der Waals surface area contributed by atoms with Crippen LogP contribution in [0.15, 0.2) is 40.9 Å². The minimum Gasteiger partial charge on any atom is -0.508 e. The van der Waals surface area contributed by atoms with Crippen LogP contribution < -0.4 is 5.32 Å². The fourth-order valence-electron chi connectivity index (χ4n) is 1.98. The molecule has 0 saturated carbocycles. The Balaban J connectivity index is 2.33. The van der Waals surface area contributed by atoms with Gasteiger partial charge in [0.1, 0.15) is 17.2 Å². The summed E-state index contributed by atoms with van der Waals surface area (Å²) in [6.07, 6.45) is 0. The SMILES string of the molecule is CC(Nc1ccc(Br)cc1[N+](=O)[O-])c1cc(O)ccc1O. The van der Waals surface area contributed by atoms with Gasteiger partial charge >= 0.3 is 0 Å². The molecule has 1 atom stereocenters. The molecule has 2 aromatic rings. The highest BCUT2D eigenvalue weighted by atomic mass is 79.9. The Bertz CT molecular complexity index is 691. The van der Waals surface area contributed by atoms with Crippen LogP contribution in [0.2, 0.25) is 0 Å². The topological polar surface area (TPSA) is 95.6 Å². The first-order valence-electron chi connectivity index (χ1n) is 6.11. The molecule has 0 aliphatic rings. The van der Waals surface area contributed by atoms with Crippen molar-refractivity contribution in [2.45, 2.75) is 13.0 Å². The zero-order chi connectivity index (χ0) is 15.6. The maximum atomic E-state index is 11.1. The smallest absolute Gasteiger partial charge is 0.293 e. The molecule has 3 N–H and O–H groups in total. The Morgan fingerprint density at radius 1 is 1.24 bits per heavy atom. The molecule has 0 heterocycles. The number of nitrogens with zero attached hydrogens (tertiary/aromatic N) is 1. The quantitative estimate of drug-likeness (QED) is 0.440. The molecule has 0 aliphatic carbocycles. The molecule has 0 spiro atoms. The zero-order valence-electron chi connectivity index (χ0n) is 11.1. The van der Waals surface area contributed by atoms with E-state index < -0.39 is 11.0 Å². The van der Waals surface area contributed by atoms with Gasteiger partial charge in [0.05, 0.1) is 11.0 Å². The standard InChI is InChI=1S/C14H13BrN2O4/c1-8(11-7-10(18)3-5-14(11)19)16-12-4-2-9(15)6-13(12)17(20)21/h2-8,16,18-19H,1H3. The van der Waals surface area contributed by atoms with Gasteiger partial charge in [0.2, 0.25) is 0 Å². The van der Waals surface area contributed by atoms with E-state index in [4.69, 9.17) is 0 Å². The lowest BCUT2D eigenvalue weighted by molar-refractivity contribution is -0.384. The molecule has 0 aliphatic heterocycles. The van der Waals surface area contributed by atoms with Crippen molar-refractivity contribution in [1.82, 2.24) is 0 Å². The summed E-state index contributed by atoms with van der Waals surface area (Å²) in [6.45, 7) is 1.74. The van der Waals surface area contributed by atoms with E-state index in [0.717, 1.165) is 0 Å². The first-order chi connectivity index (χ1) is 9.88. The van der Waals surface area contributed by atoms with Crippen molar-refractivity contribution in [3.63, 3.8) is 0 Å². The van der Waals surface area contributed by atoms with Crippen LogP contribution in [0.1, 0.15) is 18.5 Å². The highest BCUT2D eigenvalue weighted by Gasteiger charge is 2.18. The number of halogens is 1. The van der Waals surface area contributed by atoms with Crippen molar-refractivity contribution in [1.29, 1.82) is 0 Å². The number of aromatic hydroxyl groups is 2. The van der Waals surface area contributed by atoms with Crippen LogP contribution in [0.5, 0.6) is 11.5 Å². The molecule has 110 valence electrons. The number of phenols is 2. The second-order valence-electron chi connectivity index (χ2n) is 4.53. The second kappa shape index (κ2) is 6.01. The molecule has 2 rings (SSSR count). The lowest BCUT2D eigenvalue weighted by Gasteiger charge is -2.17. The molecule has 0 saturated heterocycles. The van der Waals surface area contributed by atoms with Crippen LogP contribution in [0, 0.1) is 10.1 Å². The molecule has 0 amide bonds. The monoisotopic (exact) mass is 352 g/mol. The van der Waals surface area contributed by atoms with E-state index in [2.05, 4.69) is 21.2 Å². The van der Waals surface area contributed by atoms with Crippen molar-refractivity contribution in [2.24, 2.45) is 0 Å². The molecular formula is C14H13BrN2O4. The number of hydrogen-bond acceptors (Lipinski definition) is 5. The number of nitro benzene ring substituents is 1. The van der Waals surface area contributed by atoms with Gasteiger partial charge in [0.25, 0.3) is 5.69 Å². The third-order valence-corrected chi connectivity index (χ3v) is 3.50. The fraction of sp³-hybridized carbons (Fsp3) is 0.143. The summed E-state index contributed by atoms with van der Waals surface area (Å²) in [6, 6.07) is 8.40. The normalized spacial score (nSPS) is 11.9. The number of benzene rings is 2. The third kappa shape index (κ3) is 3.43. The van der Waals surface area contributed by atoms with Crippen LogP contribution in [0.25, 0.3) is 0 Å². The van der Waals surface area contributed by atoms with Gasteiger partial charge in [-0.2, -0.15) is 0 Å².